The number of hydrogen-bond acceptors (Lipinski definition) is 4. The van der Waals surface area contributed by atoms with Crippen molar-refractivity contribution >= 4 is 17.7 Å². The Bertz CT molecular complexity index is 888. The minimum Gasteiger partial charge on any atom is -0.493 e. The second-order valence-electron chi connectivity index (χ2n) is 8.21. The normalized spacial score (nSPS) is 16.2. The van der Waals surface area contributed by atoms with Gasteiger partial charge in [0.05, 0.1) is 12.6 Å². The van der Waals surface area contributed by atoms with E-state index in [1.807, 2.05) is 69.3 Å². The molecule has 0 bridgehead atoms. The second-order valence-corrected chi connectivity index (χ2v) is 8.21. The number of nitrogens with one attached hydrogen (secondary N) is 2. The molecule has 1 heterocycles. The molecule has 4 N–H and O–H groups in total. The summed E-state index contributed by atoms with van der Waals surface area (Å²) in [7, 11) is 0. The van der Waals surface area contributed by atoms with Crippen molar-refractivity contribution in [1.29, 1.82) is 0 Å². The van der Waals surface area contributed by atoms with E-state index in [0.29, 0.717) is 24.8 Å². The number of para-hydroxylation sites is 1. The number of rotatable bonds is 5. The fraction of sp³-hybridized carbons (Fsp3) is 0.391. The van der Waals surface area contributed by atoms with E-state index in [-0.39, 0.29) is 6.04 Å². The molecule has 1 atom stereocenters. The summed E-state index contributed by atoms with van der Waals surface area (Å²) in [5, 5.41) is 6.02. The van der Waals surface area contributed by atoms with Gasteiger partial charge in [0.1, 0.15) is 11.4 Å². The molecule has 3 rings (SSSR count). The maximum atomic E-state index is 11.8. The molecule has 30 heavy (non-hydrogen) atoms. The zero-order valence-corrected chi connectivity index (χ0v) is 17.8. The standard InChI is InChI=1S/C23H30N4O3/c1-23(2,3)30-22(28)26-17-10-8-16(9-11-17)12-14-25-21(24)27-19-13-15-29-20-7-5-4-6-18(19)20/h4-11,19H,12-15H2,1-3H3,(H,26,28)(H3,24,25,27). The summed E-state index contributed by atoms with van der Waals surface area (Å²) in [6.07, 6.45) is 1.13. The number of aliphatic imine (C=N–C) groups is 1. The molecular formula is C23H30N4O3. The van der Waals surface area contributed by atoms with Crippen LogP contribution in [-0.2, 0) is 11.2 Å². The van der Waals surface area contributed by atoms with Crippen molar-refractivity contribution < 1.29 is 14.3 Å². The molecule has 0 aromatic heterocycles. The molecule has 2 aromatic carbocycles. The quantitative estimate of drug-likeness (QED) is 0.511. The average Bonchev–Trinajstić information content (AvgIpc) is 2.68. The van der Waals surface area contributed by atoms with Crippen LogP contribution in [0.25, 0.3) is 0 Å². The minimum absolute atomic E-state index is 0.108. The molecule has 160 valence electrons. The highest BCUT2D eigenvalue weighted by Gasteiger charge is 2.21. The third-order valence-corrected chi connectivity index (χ3v) is 4.56. The summed E-state index contributed by atoms with van der Waals surface area (Å²) >= 11 is 0. The van der Waals surface area contributed by atoms with Gasteiger partial charge in [-0.2, -0.15) is 0 Å². The van der Waals surface area contributed by atoms with Crippen LogP contribution in [0, 0.1) is 0 Å². The van der Waals surface area contributed by atoms with Crippen LogP contribution in [-0.4, -0.2) is 30.8 Å². The van der Waals surface area contributed by atoms with E-state index >= 15 is 0 Å². The predicted octanol–water partition coefficient (Wildman–Crippen LogP) is 4.00. The highest BCUT2D eigenvalue weighted by atomic mass is 16.6. The van der Waals surface area contributed by atoms with Gasteiger partial charge in [-0.25, -0.2) is 4.79 Å². The Labute approximate surface area is 177 Å². The topological polar surface area (TPSA) is 98.0 Å². The Balaban J connectivity index is 1.48. The second kappa shape index (κ2) is 9.52. The first-order valence-electron chi connectivity index (χ1n) is 10.2. The highest BCUT2D eigenvalue weighted by Crippen LogP contribution is 2.31. The fourth-order valence-corrected chi connectivity index (χ4v) is 3.20. The van der Waals surface area contributed by atoms with E-state index in [4.69, 9.17) is 15.2 Å². The molecule has 0 fully saturated rings. The largest absolute Gasteiger partial charge is 0.493 e. The molecule has 0 saturated heterocycles. The summed E-state index contributed by atoms with van der Waals surface area (Å²) in [4.78, 5) is 16.3. The molecule has 0 saturated carbocycles. The van der Waals surface area contributed by atoms with Crippen LogP contribution in [0.5, 0.6) is 5.75 Å². The van der Waals surface area contributed by atoms with Gasteiger partial charge in [0.25, 0.3) is 0 Å². The summed E-state index contributed by atoms with van der Waals surface area (Å²) in [6.45, 7) is 6.72. The molecule has 0 aliphatic carbocycles. The fourth-order valence-electron chi connectivity index (χ4n) is 3.20. The van der Waals surface area contributed by atoms with E-state index in [1.54, 1.807) is 0 Å². The summed E-state index contributed by atoms with van der Waals surface area (Å²) < 4.78 is 10.9. The van der Waals surface area contributed by atoms with Gasteiger partial charge >= 0.3 is 6.09 Å². The lowest BCUT2D eigenvalue weighted by Crippen LogP contribution is -2.37. The number of hydrogen-bond donors (Lipinski definition) is 3. The molecule has 0 radical (unpaired) electrons. The van der Waals surface area contributed by atoms with Gasteiger partial charge in [0, 0.05) is 24.2 Å². The lowest BCUT2D eigenvalue weighted by molar-refractivity contribution is 0.0636. The van der Waals surface area contributed by atoms with Crippen LogP contribution in [0.3, 0.4) is 0 Å². The molecule has 1 amide bonds. The lowest BCUT2D eigenvalue weighted by atomic mass is 10.0. The molecule has 0 spiro atoms. The highest BCUT2D eigenvalue weighted by molar-refractivity contribution is 5.84. The Kier molecular flexibility index (Phi) is 6.82. The number of amides is 1. The maximum Gasteiger partial charge on any atom is 0.412 e. The van der Waals surface area contributed by atoms with Crippen LogP contribution in [0.15, 0.2) is 53.5 Å². The summed E-state index contributed by atoms with van der Waals surface area (Å²) in [5.41, 5.74) is 8.47. The van der Waals surface area contributed by atoms with Crippen LogP contribution >= 0.6 is 0 Å². The number of anilines is 1. The molecular weight excluding hydrogens is 380 g/mol. The van der Waals surface area contributed by atoms with Crippen molar-refractivity contribution in [3.05, 3.63) is 59.7 Å². The van der Waals surface area contributed by atoms with Crippen molar-refractivity contribution in [2.24, 2.45) is 10.7 Å². The van der Waals surface area contributed by atoms with E-state index in [2.05, 4.69) is 15.6 Å². The number of nitrogens with two attached hydrogens (primary N) is 1. The van der Waals surface area contributed by atoms with Crippen molar-refractivity contribution in [2.75, 3.05) is 18.5 Å². The Hall–Kier alpha value is -3.22. The van der Waals surface area contributed by atoms with Crippen LogP contribution < -0.4 is 21.1 Å². The van der Waals surface area contributed by atoms with Gasteiger partial charge in [-0.3, -0.25) is 10.3 Å². The predicted molar refractivity (Wildman–Crippen MR) is 119 cm³/mol. The van der Waals surface area contributed by atoms with E-state index in [0.717, 1.165) is 29.7 Å². The smallest absolute Gasteiger partial charge is 0.412 e. The van der Waals surface area contributed by atoms with Crippen LogP contribution in [0.4, 0.5) is 10.5 Å². The third-order valence-electron chi connectivity index (χ3n) is 4.56. The average molecular weight is 411 g/mol. The zero-order valence-electron chi connectivity index (χ0n) is 17.8. The number of carbonyl (C=O) groups is 1. The van der Waals surface area contributed by atoms with Gasteiger partial charge in [-0.15, -0.1) is 0 Å². The molecule has 1 aliphatic heterocycles. The first kappa shape index (κ1) is 21.5. The number of carbonyl (C=O) groups excluding carboxylic acids is 1. The van der Waals surface area contributed by atoms with Gasteiger partial charge in [-0.05, 0) is 51.0 Å². The van der Waals surface area contributed by atoms with Crippen molar-refractivity contribution in [2.45, 2.75) is 45.3 Å². The first-order valence-corrected chi connectivity index (χ1v) is 10.2. The van der Waals surface area contributed by atoms with Gasteiger partial charge < -0.3 is 20.5 Å². The molecule has 1 unspecified atom stereocenters. The molecule has 1 aliphatic rings. The van der Waals surface area contributed by atoms with Crippen LogP contribution in [0.1, 0.15) is 44.4 Å². The molecule has 7 heteroatoms. The maximum absolute atomic E-state index is 11.8. The molecule has 7 nitrogen and oxygen atoms in total. The zero-order chi connectivity index (χ0) is 21.6. The van der Waals surface area contributed by atoms with E-state index < -0.39 is 11.7 Å². The van der Waals surface area contributed by atoms with Crippen LogP contribution in [0.2, 0.25) is 0 Å². The number of nitrogens with zero attached hydrogens (tertiary/aromatic N) is 1. The monoisotopic (exact) mass is 410 g/mol. The molecule has 2 aromatic rings. The Morgan fingerprint density at radius 1 is 1.20 bits per heavy atom. The number of guanidine groups is 1. The van der Waals surface area contributed by atoms with Crippen molar-refractivity contribution in [3.8, 4) is 5.75 Å². The lowest BCUT2D eigenvalue weighted by Gasteiger charge is -2.26. The number of fused-ring (bicyclic) bond motifs is 1. The van der Waals surface area contributed by atoms with Gasteiger partial charge in [-0.1, -0.05) is 30.3 Å². The minimum atomic E-state index is -0.525. The third kappa shape index (κ3) is 6.40. The van der Waals surface area contributed by atoms with Crippen molar-refractivity contribution in [3.63, 3.8) is 0 Å². The van der Waals surface area contributed by atoms with Gasteiger partial charge in [0.2, 0.25) is 0 Å². The van der Waals surface area contributed by atoms with E-state index in [9.17, 15) is 4.79 Å². The SMILES string of the molecule is CC(C)(C)OC(=O)Nc1ccc(CCN=C(N)NC2CCOc3ccccc32)cc1. The van der Waals surface area contributed by atoms with Crippen molar-refractivity contribution in [1.82, 2.24) is 5.32 Å². The number of ether oxygens (including phenoxy) is 2. The Morgan fingerprint density at radius 3 is 2.67 bits per heavy atom. The first-order chi connectivity index (χ1) is 14.3. The Morgan fingerprint density at radius 2 is 1.93 bits per heavy atom. The summed E-state index contributed by atoms with van der Waals surface area (Å²) in [6, 6.07) is 15.7. The number of benzene rings is 2. The van der Waals surface area contributed by atoms with E-state index in [1.165, 1.54) is 0 Å². The van der Waals surface area contributed by atoms with Gasteiger partial charge in [0.15, 0.2) is 5.96 Å². The summed E-state index contributed by atoms with van der Waals surface area (Å²) in [5.74, 6) is 1.33.